The van der Waals surface area contributed by atoms with E-state index in [1.54, 1.807) is 31.0 Å². The lowest BCUT2D eigenvalue weighted by atomic mass is 10.1. The summed E-state index contributed by atoms with van der Waals surface area (Å²) in [6, 6.07) is 13.0. The van der Waals surface area contributed by atoms with Crippen LogP contribution in [0, 0.1) is 0 Å². The van der Waals surface area contributed by atoms with Crippen molar-refractivity contribution >= 4 is 11.6 Å². The maximum Gasteiger partial charge on any atom is 0.258 e. The summed E-state index contributed by atoms with van der Waals surface area (Å²) in [6.45, 7) is 0.797. The SMILES string of the molecule is COc1ccc(-c2nc(-c3nnn4c3CO[C@@H](c3ccccc3Cl)C4)no2)cc1OC. The Morgan fingerprint density at radius 2 is 1.94 bits per heavy atom. The number of halogens is 1. The van der Waals surface area contributed by atoms with Crippen LogP contribution in [0.2, 0.25) is 5.02 Å². The number of rotatable bonds is 5. The molecule has 0 amide bonds. The van der Waals surface area contributed by atoms with Crippen molar-refractivity contribution in [3.05, 3.63) is 58.7 Å². The molecule has 10 heteroatoms. The van der Waals surface area contributed by atoms with Crippen LogP contribution in [0.5, 0.6) is 11.5 Å². The number of aromatic nitrogens is 5. The summed E-state index contributed by atoms with van der Waals surface area (Å²) >= 11 is 6.31. The third-order valence-electron chi connectivity index (χ3n) is 5.12. The van der Waals surface area contributed by atoms with E-state index in [-0.39, 0.29) is 6.10 Å². The Hall–Kier alpha value is -3.43. The van der Waals surface area contributed by atoms with Gasteiger partial charge in [0.1, 0.15) is 6.10 Å². The molecule has 1 aliphatic heterocycles. The van der Waals surface area contributed by atoms with Gasteiger partial charge < -0.3 is 18.7 Å². The van der Waals surface area contributed by atoms with Gasteiger partial charge in [0.05, 0.1) is 33.1 Å². The molecule has 0 spiro atoms. The molecule has 0 fully saturated rings. The minimum atomic E-state index is -0.205. The first-order valence-electron chi connectivity index (χ1n) is 9.52. The van der Waals surface area contributed by atoms with Crippen LogP contribution in [-0.4, -0.2) is 39.4 Å². The van der Waals surface area contributed by atoms with Crippen LogP contribution in [0.1, 0.15) is 17.4 Å². The highest BCUT2D eigenvalue weighted by Gasteiger charge is 2.28. The highest BCUT2D eigenvalue weighted by Crippen LogP contribution is 2.35. The maximum absolute atomic E-state index is 6.31. The van der Waals surface area contributed by atoms with Crippen LogP contribution in [-0.2, 0) is 17.9 Å². The first kappa shape index (κ1) is 19.5. The minimum absolute atomic E-state index is 0.205. The maximum atomic E-state index is 6.31. The van der Waals surface area contributed by atoms with Crippen LogP contribution >= 0.6 is 11.6 Å². The Kier molecular flexibility index (Phi) is 5.05. The van der Waals surface area contributed by atoms with Crippen LogP contribution in [0.3, 0.4) is 0 Å². The normalized spacial score (nSPS) is 15.5. The fourth-order valence-electron chi connectivity index (χ4n) is 3.52. The van der Waals surface area contributed by atoms with Crippen LogP contribution < -0.4 is 9.47 Å². The summed E-state index contributed by atoms with van der Waals surface area (Å²) in [6.07, 6.45) is -0.205. The standard InChI is InChI=1S/C21H18ClN5O4/c1-28-16-8-7-12(9-17(16)29-2)21-23-20(25-31-21)19-15-11-30-18(10-27(15)26-24-19)13-5-3-4-6-14(13)22/h3-9,18H,10-11H2,1-2H3/t18-/m1/s1. The van der Waals surface area contributed by atoms with Gasteiger partial charge in [0, 0.05) is 16.1 Å². The molecule has 0 saturated carbocycles. The summed E-state index contributed by atoms with van der Waals surface area (Å²) < 4.78 is 23.9. The number of benzene rings is 2. The average Bonchev–Trinajstić information content (AvgIpc) is 3.45. The predicted molar refractivity (Wildman–Crippen MR) is 111 cm³/mol. The molecular weight excluding hydrogens is 422 g/mol. The molecule has 1 aliphatic rings. The van der Waals surface area contributed by atoms with E-state index in [2.05, 4.69) is 20.5 Å². The number of fused-ring (bicyclic) bond motifs is 1. The Morgan fingerprint density at radius 3 is 2.74 bits per heavy atom. The topological polar surface area (TPSA) is 97.3 Å². The van der Waals surface area contributed by atoms with Gasteiger partial charge in [-0.15, -0.1) is 5.10 Å². The quantitative estimate of drug-likeness (QED) is 0.461. The molecule has 5 rings (SSSR count). The molecule has 2 aromatic carbocycles. The van der Waals surface area contributed by atoms with Crippen LogP contribution in [0.25, 0.3) is 23.0 Å². The monoisotopic (exact) mass is 439 g/mol. The van der Waals surface area contributed by atoms with Crippen molar-refractivity contribution in [2.24, 2.45) is 0 Å². The summed E-state index contributed by atoms with van der Waals surface area (Å²) in [4.78, 5) is 4.49. The molecule has 1 atom stereocenters. The largest absolute Gasteiger partial charge is 0.493 e. The fourth-order valence-corrected chi connectivity index (χ4v) is 3.77. The van der Waals surface area contributed by atoms with E-state index in [0.29, 0.717) is 52.6 Å². The van der Waals surface area contributed by atoms with Gasteiger partial charge >= 0.3 is 0 Å². The molecule has 3 heterocycles. The second-order valence-corrected chi connectivity index (χ2v) is 7.29. The third-order valence-corrected chi connectivity index (χ3v) is 5.46. The highest BCUT2D eigenvalue weighted by atomic mass is 35.5. The van der Waals surface area contributed by atoms with Crippen molar-refractivity contribution in [2.45, 2.75) is 19.3 Å². The highest BCUT2D eigenvalue weighted by molar-refractivity contribution is 6.31. The third kappa shape index (κ3) is 3.51. The molecule has 158 valence electrons. The van der Waals surface area contributed by atoms with Gasteiger partial charge in [-0.3, -0.25) is 0 Å². The number of ether oxygens (including phenoxy) is 3. The molecule has 9 nitrogen and oxygen atoms in total. The van der Waals surface area contributed by atoms with Gasteiger partial charge in [0.2, 0.25) is 5.82 Å². The molecule has 4 aromatic rings. The van der Waals surface area contributed by atoms with Gasteiger partial charge in [-0.1, -0.05) is 40.2 Å². The van der Waals surface area contributed by atoms with Crippen molar-refractivity contribution in [3.8, 4) is 34.5 Å². The first-order chi connectivity index (χ1) is 15.2. The van der Waals surface area contributed by atoms with Crippen molar-refractivity contribution in [2.75, 3.05) is 14.2 Å². The van der Waals surface area contributed by atoms with E-state index >= 15 is 0 Å². The molecule has 2 aromatic heterocycles. The van der Waals surface area contributed by atoms with Crippen LogP contribution in [0.4, 0.5) is 0 Å². The smallest absolute Gasteiger partial charge is 0.258 e. The second kappa shape index (κ2) is 8.01. The Labute approximate surface area is 182 Å². The molecule has 31 heavy (non-hydrogen) atoms. The lowest BCUT2D eigenvalue weighted by Gasteiger charge is -2.24. The molecular formula is C21H18ClN5O4. The Balaban J connectivity index is 1.42. The first-order valence-corrected chi connectivity index (χ1v) is 9.90. The van der Waals surface area contributed by atoms with Crippen molar-refractivity contribution in [1.29, 1.82) is 0 Å². The minimum Gasteiger partial charge on any atom is -0.493 e. The van der Waals surface area contributed by atoms with Gasteiger partial charge in [-0.25, -0.2) is 4.68 Å². The van der Waals surface area contributed by atoms with E-state index in [4.69, 9.17) is 30.3 Å². The van der Waals surface area contributed by atoms with Crippen LogP contribution in [0.15, 0.2) is 47.0 Å². The van der Waals surface area contributed by atoms with Gasteiger partial charge in [-0.2, -0.15) is 4.98 Å². The lowest BCUT2D eigenvalue weighted by Crippen LogP contribution is -2.22. The number of nitrogens with zero attached hydrogens (tertiary/aromatic N) is 5. The van der Waals surface area contributed by atoms with Crippen molar-refractivity contribution in [1.82, 2.24) is 25.1 Å². The Bertz CT molecular complexity index is 1240. The summed E-state index contributed by atoms with van der Waals surface area (Å²) in [7, 11) is 3.15. The summed E-state index contributed by atoms with van der Waals surface area (Å²) in [5, 5.41) is 13.3. The van der Waals surface area contributed by atoms with Gasteiger partial charge in [0.15, 0.2) is 17.2 Å². The molecule has 0 bridgehead atoms. The zero-order chi connectivity index (χ0) is 21.4. The molecule has 0 radical (unpaired) electrons. The van der Waals surface area contributed by atoms with Crippen molar-refractivity contribution < 1.29 is 18.7 Å². The zero-order valence-electron chi connectivity index (χ0n) is 16.8. The number of hydrogen-bond acceptors (Lipinski definition) is 8. The average molecular weight is 440 g/mol. The second-order valence-electron chi connectivity index (χ2n) is 6.88. The van der Waals surface area contributed by atoms with Gasteiger partial charge in [-0.05, 0) is 24.3 Å². The van der Waals surface area contributed by atoms with E-state index < -0.39 is 0 Å². The molecule has 0 N–H and O–H groups in total. The van der Waals surface area contributed by atoms with E-state index in [0.717, 1.165) is 11.3 Å². The molecule has 0 saturated heterocycles. The fraction of sp³-hybridized carbons (Fsp3) is 0.238. The van der Waals surface area contributed by atoms with Crippen molar-refractivity contribution in [3.63, 3.8) is 0 Å². The molecule has 0 aliphatic carbocycles. The molecule has 0 unspecified atom stereocenters. The van der Waals surface area contributed by atoms with E-state index in [1.165, 1.54) is 0 Å². The zero-order valence-corrected chi connectivity index (χ0v) is 17.5. The lowest BCUT2D eigenvalue weighted by molar-refractivity contribution is -0.00106. The van der Waals surface area contributed by atoms with Gasteiger partial charge in [0.25, 0.3) is 5.89 Å². The summed E-state index contributed by atoms with van der Waals surface area (Å²) in [5.41, 5.74) is 2.92. The van der Waals surface area contributed by atoms with E-state index in [9.17, 15) is 0 Å². The Morgan fingerprint density at radius 1 is 1.10 bits per heavy atom. The summed E-state index contributed by atoms with van der Waals surface area (Å²) in [5.74, 6) is 1.86. The number of methoxy groups -OCH3 is 2. The van der Waals surface area contributed by atoms with E-state index in [1.807, 2.05) is 30.3 Å². The predicted octanol–water partition coefficient (Wildman–Crippen LogP) is 3.94. The number of hydrogen-bond donors (Lipinski definition) is 0.